The number of methoxy groups -OCH3 is 1. The highest BCUT2D eigenvalue weighted by atomic mass is 16.5. The number of ether oxygens (including phenoxy) is 2. The number of nitrogens with one attached hydrogen (secondary N) is 2. The van der Waals surface area contributed by atoms with Gasteiger partial charge < -0.3 is 25.2 Å². The molecule has 2 aromatic rings. The lowest BCUT2D eigenvalue weighted by molar-refractivity contribution is 0.175. The quantitative estimate of drug-likeness (QED) is 0.711. The smallest absolute Gasteiger partial charge is 0.318 e. The molecule has 0 saturated carbocycles. The van der Waals surface area contributed by atoms with Gasteiger partial charge in [0.25, 0.3) is 0 Å². The minimum absolute atomic E-state index is 0.156. The number of phenolic OH excluding ortho intramolecular Hbond substituents is 1. The Hall–Kier alpha value is -2.89. The lowest BCUT2D eigenvalue weighted by Gasteiger charge is -2.19. The van der Waals surface area contributed by atoms with Gasteiger partial charge in [0.2, 0.25) is 0 Å². The van der Waals surface area contributed by atoms with Crippen molar-refractivity contribution in [2.75, 3.05) is 7.11 Å². The monoisotopic (exact) mass is 330 g/mol. The number of rotatable bonds is 6. The minimum Gasteiger partial charge on any atom is -0.508 e. The van der Waals surface area contributed by atoms with Gasteiger partial charge in [0.15, 0.2) is 6.23 Å². The van der Waals surface area contributed by atoms with Crippen molar-refractivity contribution in [1.82, 2.24) is 10.6 Å². The summed E-state index contributed by atoms with van der Waals surface area (Å²) in [5.41, 5.74) is 0.970. The summed E-state index contributed by atoms with van der Waals surface area (Å²) in [6, 6.07) is 13.3. The predicted molar refractivity (Wildman–Crippen MR) is 91.3 cm³/mol. The van der Waals surface area contributed by atoms with Gasteiger partial charge in [-0.1, -0.05) is 12.1 Å². The Balaban J connectivity index is 1.83. The largest absolute Gasteiger partial charge is 0.508 e. The van der Waals surface area contributed by atoms with E-state index in [1.165, 1.54) is 12.1 Å². The van der Waals surface area contributed by atoms with Crippen molar-refractivity contribution in [1.29, 1.82) is 0 Å². The highest BCUT2D eigenvalue weighted by molar-refractivity contribution is 5.74. The molecule has 2 rings (SSSR count). The van der Waals surface area contributed by atoms with E-state index >= 15 is 0 Å². The van der Waals surface area contributed by atoms with Crippen LogP contribution in [-0.4, -0.2) is 24.5 Å². The fourth-order valence-electron chi connectivity index (χ4n) is 2.16. The number of carbonyl (C=O) groups excluding carboxylic acids is 1. The van der Waals surface area contributed by atoms with Gasteiger partial charge in [-0.15, -0.1) is 0 Å². The van der Waals surface area contributed by atoms with Crippen molar-refractivity contribution in [2.24, 2.45) is 0 Å². The summed E-state index contributed by atoms with van der Waals surface area (Å²) in [6.07, 6.45) is -0.516. The maximum absolute atomic E-state index is 12.0. The summed E-state index contributed by atoms with van der Waals surface area (Å²) in [6.45, 7) is 3.62. The van der Waals surface area contributed by atoms with Crippen molar-refractivity contribution < 1.29 is 19.4 Å². The molecule has 0 aliphatic carbocycles. The summed E-state index contributed by atoms with van der Waals surface area (Å²) in [5, 5.41) is 14.8. The molecule has 2 amide bonds. The van der Waals surface area contributed by atoms with Crippen LogP contribution >= 0.6 is 0 Å². The number of amides is 2. The van der Waals surface area contributed by atoms with Crippen LogP contribution in [0.15, 0.2) is 48.5 Å². The molecular weight excluding hydrogens is 308 g/mol. The molecular formula is C18H22N2O4. The van der Waals surface area contributed by atoms with Gasteiger partial charge in [0.1, 0.15) is 17.2 Å². The average molecular weight is 330 g/mol. The second kappa shape index (κ2) is 8.10. The van der Waals surface area contributed by atoms with E-state index < -0.39 is 6.23 Å². The standard InChI is InChI=1S/C18H22N2O4/c1-12(14-4-8-16(23-3)9-5-14)19-18(22)20-13(2)24-17-10-6-15(21)7-11-17/h4-13,21H,1-3H3,(H2,19,20,22). The Kier molecular flexibility index (Phi) is 5.89. The first-order valence-corrected chi connectivity index (χ1v) is 7.64. The van der Waals surface area contributed by atoms with Crippen molar-refractivity contribution >= 4 is 6.03 Å². The maximum Gasteiger partial charge on any atom is 0.318 e. The van der Waals surface area contributed by atoms with E-state index in [9.17, 15) is 9.90 Å². The third-order valence-electron chi connectivity index (χ3n) is 3.45. The molecule has 0 spiro atoms. The minimum atomic E-state index is -0.516. The molecule has 6 nitrogen and oxygen atoms in total. The average Bonchev–Trinajstić information content (AvgIpc) is 2.56. The van der Waals surface area contributed by atoms with Crippen LogP contribution in [0.1, 0.15) is 25.5 Å². The molecule has 2 atom stereocenters. The second-order valence-corrected chi connectivity index (χ2v) is 5.37. The first-order valence-electron chi connectivity index (χ1n) is 7.64. The van der Waals surface area contributed by atoms with Gasteiger partial charge in [-0.25, -0.2) is 4.79 Å². The molecule has 0 fully saturated rings. The number of benzene rings is 2. The van der Waals surface area contributed by atoms with E-state index in [1.807, 2.05) is 31.2 Å². The van der Waals surface area contributed by atoms with Gasteiger partial charge in [-0.05, 0) is 55.8 Å². The van der Waals surface area contributed by atoms with Gasteiger partial charge in [-0.3, -0.25) is 0 Å². The van der Waals surface area contributed by atoms with Gasteiger partial charge in [0, 0.05) is 0 Å². The predicted octanol–water partition coefficient (Wildman–Crippen LogP) is 3.19. The van der Waals surface area contributed by atoms with Crippen LogP contribution in [-0.2, 0) is 0 Å². The van der Waals surface area contributed by atoms with Gasteiger partial charge >= 0.3 is 6.03 Å². The topological polar surface area (TPSA) is 79.8 Å². The lowest BCUT2D eigenvalue weighted by atomic mass is 10.1. The molecule has 2 unspecified atom stereocenters. The number of urea groups is 1. The van der Waals surface area contributed by atoms with E-state index in [1.54, 1.807) is 26.2 Å². The number of carbonyl (C=O) groups is 1. The Morgan fingerprint density at radius 2 is 1.54 bits per heavy atom. The first kappa shape index (κ1) is 17.5. The zero-order chi connectivity index (χ0) is 17.5. The fraction of sp³-hybridized carbons (Fsp3) is 0.278. The van der Waals surface area contributed by atoms with Crippen LogP contribution in [0.5, 0.6) is 17.2 Å². The van der Waals surface area contributed by atoms with E-state index in [4.69, 9.17) is 9.47 Å². The normalized spacial score (nSPS) is 12.8. The Morgan fingerprint density at radius 1 is 0.958 bits per heavy atom. The molecule has 24 heavy (non-hydrogen) atoms. The van der Waals surface area contributed by atoms with E-state index in [0.717, 1.165) is 11.3 Å². The van der Waals surface area contributed by atoms with Crippen LogP contribution in [0, 0.1) is 0 Å². The van der Waals surface area contributed by atoms with E-state index in [-0.39, 0.29) is 17.8 Å². The summed E-state index contributed by atoms with van der Waals surface area (Å²) in [7, 11) is 1.61. The van der Waals surface area contributed by atoms with Crippen molar-refractivity contribution in [3.05, 3.63) is 54.1 Å². The van der Waals surface area contributed by atoms with Crippen LogP contribution in [0.4, 0.5) is 4.79 Å². The lowest BCUT2D eigenvalue weighted by Crippen LogP contribution is -2.44. The molecule has 0 aliphatic heterocycles. The highest BCUT2D eigenvalue weighted by Gasteiger charge is 2.12. The summed E-state index contributed by atoms with van der Waals surface area (Å²) in [5.74, 6) is 1.49. The van der Waals surface area contributed by atoms with Crippen molar-refractivity contribution in [3.63, 3.8) is 0 Å². The molecule has 0 radical (unpaired) electrons. The van der Waals surface area contributed by atoms with Crippen LogP contribution in [0.25, 0.3) is 0 Å². The second-order valence-electron chi connectivity index (χ2n) is 5.37. The van der Waals surface area contributed by atoms with Gasteiger partial charge in [0.05, 0.1) is 13.2 Å². The summed E-state index contributed by atoms with van der Waals surface area (Å²) < 4.78 is 10.7. The Labute approximate surface area is 141 Å². The molecule has 0 bridgehead atoms. The zero-order valence-corrected chi connectivity index (χ0v) is 13.9. The zero-order valence-electron chi connectivity index (χ0n) is 13.9. The van der Waals surface area contributed by atoms with Crippen LogP contribution in [0.2, 0.25) is 0 Å². The maximum atomic E-state index is 12.0. The molecule has 0 aromatic heterocycles. The number of aromatic hydroxyl groups is 1. The van der Waals surface area contributed by atoms with Crippen LogP contribution < -0.4 is 20.1 Å². The van der Waals surface area contributed by atoms with E-state index in [0.29, 0.717) is 5.75 Å². The molecule has 0 saturated heterocycles. The van der Waals surface area contributed by atoms with Crippen molar-refractivity contribution in [2.45, 2.75) is 26.1 Å². The Morgan fingerprint density at radius 3 is 2.12 bits per heavy atom. The van der Waals surface area contributed by atoms with Crippen molar-refractivity contribution in [3.8, 4) is 17.2 Å². The van der Waals surface area contributed by atoms with Crippen LogP contribution in [0.3, 0.4) is 0 Å². The molecule has 3 N–H and O–H groups in total. The third-order valence-corrected chi connectivity index (χ3v) is 3.45. The third kappa shape index (κ3) is 5.08. The molecule has 6 heteroatoms. The number of hydrogen-bond donors (Lipinski definition) is 3. The summed E-state index contributed by atoms with van der Waals surface area (Å²) in [4.78, 5) is 12.0. The first-order chi connectivity index (χ1) is 11.5. The number of phenols is 1. The van der Waals surface area contributed by atoms with Gasteiger partial charge in [-0.2, -0.15) is 0 Å². The Bertz CT molecular complexity index is 656. The molecule has 128 valence electrons. The molecule has 2 aromatic carbocycles. The molecule has 0 heterocycles. The van der Waals surface area contributed by atoms with E-state index in [2.05, 4.69) is 10.6 Å². The SMILES string of the molecule is COc1ccc(C(C)NC(=O)NC(C)Oc2ccc(O)cc2)cc1. The summed E-state index contributed by atoms with van der Waals surface area (Å²) >= 11 is 0. The highest BCUT2D eigenvalue weighted by Crippen LogP contribution is 2.18. The molecule has 0 aliphatic rings. The number of hydrogen-bond acceptors (Lipinski definition) is 4. The fourth-order valence-corrected chi connectivity index (χ4v) is 2.16.